The molecule has 0 spiro atoms. The Bertz CT molecular complexity index is 485. The summed E-state index contributed by atoms with van der Waals surface area (Å²) in [6, 6.07) is 10.3. The number of carbonyl (C=O) groups excluding carboxylic acids is 1. The molecule has 3 atom stereocenters. The van der Waals surface area contributed by atoms with Crippen molar-refractivity contribution in [3.05, 3.63) is 35.9 Å². The van der Waals surface area contributed by atoms with Gasteiger partial charge in [-0.15, -0.1) is 0 Å². The van der Waals surface area contributed by atoms with E-state index >= 15 is 0 Å². The maximum Gasteiger partial charge on any atom is 0.249 e. The topological polar surface area (TPSA) is 47.6 Å². The molecule has 1 aliphatic heterocycles. The molecule has 2 rings (SSSR count). The van der Waals surface area contributed by atoms with Crippen LogP contribution in [0.5, 0.6) is 0 Å². The van der Waals surface area contributed by atoms with Crippen molar-refractivity contribution in [3.63, 3.8) is 0 Å². The predicted molar refractivity (Wildman–Crippen MR) is 100 cm³/mol. The molecule has 1 heterocycles. The number of unbranched alkanes of at least 4 members (excludes halogenated alkanes) is 2. The van der Waals surface area contributed by atoms with E-state index in [-0.39, 0.29) is 18.1 Å². The number of amides is 1. The minimum absolute atomic E-state index is 0.0406. The van der Waals surface area contributed by atoms with Crippen LogP contribution in [0.2, 0.25) is 0 Å². The highest BCUT2D eigenvalue weighted by atomic mass is 16.5. The monoisotopic (exact) mass is 347 g/mol. The van der Waals surface area contributed by atoms with Crippen LogP contribution < -0.4 is 5.32 Å². The van der Waals surface area contributed by atoms with Gasteiger partial charge in [0, 0.05) is 6.61 Å². The fourth-order valence-electron chi connectivity index (χ4n) is 3.16. The van der Waals surface area contributed by atoms with E-state index in [4.69, 9.17) is 9.47 Å². The number of ether oxygens (including phenoxy) is 2. The van der Waals surface area contributed by atoms with Gasteiger partial charge in [-0.25, -0.2) is 0 Å². The summed E-state index contributed by atoms with van der Waals surface area (Å²) in [4.78, 5) is 12.6. The van der Waals surface area contributed by atoms with E-state index in [1.54, 1.807) is 0 Å². The predicted octanol–water partition coefficient (Wildman–Crippen LogP) is 4.40. The molecule has 1 aliphatic rings. The highest BCUT2D eigenvalue weighted by molar-refractivity contribution is 5.80. The minimum atomic E-state index is -0.456. The lowest BCUT2D eigenvalue weighted by atomic mass is 10.00. The number of hydrogen-bond donors (Lipinski definition) is 1. The van der Waals surface area contributed by atoms with Gasteiger partial charge in [-0.05, 0) is 38.2 Å². The molecule has 25 heavy (non-hydrogen) atoms. The maximum absolute atomic E-state index is 12.6. The Morgan fingerprint density at radius 2 is 2.08 bits per heavy atom. The summed E-state index contributed by atoms with van der Waals surface area (Å²) in [5.74, 6) is -0.0406. The van der Waals surface area contributed by atoms with Crippen molar-refractivity contribution in [2.45, 2.75) is 77.0 Å². The van der Waals surface area contributed by atoms with Crippen molar-refractivity contribution < 1.29 is 14.3 Å². The van der Waals surface area contributed by atoms with Gasteiger partial charge in [-0.1, -0.05) is 56.5 Å². The molecule has 1 saturated heterocycles. The molecule has 1 fully saturated rings. The quantitative estimate of drug-likeness (QED) is 0.638. The van der Waals surface area contributed by atoms with Gasteiger partial charge in [-0.3, -0.25) is 4.79 Å². The Hall–Kier alpha value is -1.39. The van der Waals surface area contributed by atoms with Crippen molar-refractivity contribution in [1.82, 2.24) is 5.32 Å². The first-order chi connectivity index (χ1) is 12.2. The van der Waals surface area contributed by atoms with E-state index in [1.807, 2.05) is 25.1 Å². The summed E-state index contributed by atoms with van der Waals surface area (Å²) in [7, 11) is 0. The molecule has 1 N–H and O–H groups in total. The Balaban J connectivity index is 1.84. The van der Waals surface area contributed by atoms with Gasteiger partial charge < -0.3 is 14.8 Å². The second-order valence-corrected chi connectivity index (χ2v) is 6.93. The number of benzene rings is 1. The minimum Gasteiger partial charge on any atom is -0.376 e. The SMILES string of the molecule is CCCCCC(NC(=O)C(C)OCC1CCCCO1)c1ccccc1. The molecule has 0 radical (unpaired) electrons. The first kappa shape index (κ1) is 19.9. The largest absolute Gasteiger partial charge is 0.376 e. The maximum atomic E-state index is 12.6. The zero-order chi connectivity index (χ0) is 17.9. The summed E-state index contributed by atoms with van der Waals surface area (Å²) in [5.41, 5.74) is 1.16. The van der Waals surface area contributed by atoms with Crippen LogP contribution in [0.3, 0.4) is 0 Å². The summed E-state index contributed by atoms with van der Waals surface area (Å²) in [6.45, 7) is 5.33. The molecule has 4 nitrogen and oxygen atoms in total. The summed E-state index contributed by atoms with van der Waals surface area (Å²) in [6.07, 6.45) is 7.45. The van der Waals surface area contributed by atoms with Crippen LogP contribution in [0.25, 0.3) is 0 Å². The second-order valence-electron chi connectivity index (χ2n) is 6.93. The fraction of sp³-hybridized carbons (Fsp3) is 0.667. The molecule has 1 aromatic carbocycles. The lowest BCUT2D eigenvalue weighted by molar-refractivity contribution is -0.136. The van der Waals surface area contributed by atoms with Gasteiger partial charge in [0.1, 0.15) is 6.10 Å². The summed E-state index contributed by atoms with van der Waals surface area (Å²) < 4.78 is 11.4. The fourth-order valence-corrected chi connectivity index (χ4v) is 3.16. The molecular formula is C21H33NO3. The van der Waals surface area contributed by atoms with E-state index < -0.39 is 6.10 Å². The van der Waals surface area contributed by atoms with Crippen LogP contribution in [0.1, 0.15) is 70.4 Å². The first-order valence-electron chi connectivity index (χ1n) is 9.79. The number of hydrogen-bond acceptors (Lipinski definition) is 3. The Kier molecular flexibility index (Phi) is 8.98. The Morgan fingerprint density at radius 1 is 1.28 bits per heavy atom. The van der Waals surface area contributed by atoms with Crippen LogP contribution in [-0.2, 0) is 14.3 Å². The highest BCUT2D eigenvalue weighted by Crippen LogP contribution is 2.20. The van der Waals surface area contributed by atoms with E-state index in [0.29, 0.717) is 6.61 Å². The summed E-state index contributed by atoms with van der Waals surface area (Å²) in [5, 5.41) is 3.17. The highest BCUT2D eigenvalue weighted by Gasteiger charge is 2.21. The van der Waals surface area contributed by atoms with E-state index in [1.165, 1.54) is 19.3 Å². The Labute approximate surface area is 152 Å². The zero-order valence-electron chi connectivity index (χ0n) is 15.7. The van der Waals surface area contributed by atoms with E-state index in [0.717, 1.165) is 37.9 Å². The second kappa shape index (κ2) is 11.3. The molecule has 0 bridgehead atoms. The van der Waals surface area contributed by atoms with Crippen molar-refractivity contribution in [2.24, 2.45) is 0 Å². The third-order valence-electron chi connectivity index (χ3n) is 4.79. The number of carbonyl (C=O) groups is 1. The van der Waals surface area contributed by atoms with Gasteiger partial charge in [0.15, 0.2) is 0 Å². The van der Waals surface area contributed by atoms with Crippen molar-refractivity contribution in [2.75, 3.05) is 13.2 Å². The van der Waals surface area contributed by atoms with Crippen LogP contribution >= 0.6 is 0 Å². The average Bonchev–Trinajstić information content (AvgIpc) is 2.67. The smallest absolute Gasteiger partial charge is 0.249 e. The lowest BCUT2D eigenvalue weighted by Crippen LogP contribution is -2.39. The molecule has 1 amide bonds. The zero-order valence-corrected chi connectivity index (χ0v) is 15.7. The van der Waals surface area contributed by atoms with Gasteiger partial charge in [0.25, 0.3) is 0 Å². The lowest BCUT2D eigenvalue weighted by Gasteiger charge is -2.25. The normalized spacial score (nSPS) is 20.0. The van der Waals surface area contributed by atoms with Gasteiger partial charge >= 0.3 is 0 Å². The Morgan fingerprint density at radius 3 is 2.76 bits per heavy atom. The average molecular weight is 347 g/mol. The van der Waals surface area contributed by atoms with E-state index in [9.17, 15) is 4.79 Å². The molecule has 140 valence electrons. The van der Waals surface area contributed by atoms with Crippen molar-refractivity contribution in [3.8, 4) is 0 Å². The third-order valence-corrected chi connectivity index (χ3v) is 4.79. The molecule has 3 unspecified atom stereocenters. The van der Waals surface area contributed by atoms with Crippen LogP contribution in [0, 0.1) is 0 Å². The standard InChI is InChI=1S/C21H33NO3/c1-3-4-6-14-20(18-11-7-5-8-12-18)22-21(23)17(2)25-16-19-13-9-10-15-24-19/h5,7-8,11-12,17,19-20H,3-4,6,9-10,13-16H2,1-2H3,(H,22,23). The molecule has 1 aromatic rings. The van der Waals surface area contributed by atoms with E-state index in [2.05, 4.69) is 24.4 Å². The van der Waals surface area contributed by atoms with Gasteiger partial charge in [-0.2, -0.15) is 0 Å². The summed E-state index contributed by atoms with van der Waals surface area (Å²) >= 11 is 0. The molecule has 0 aromatic heterocycles. The molecule has 0 aliphatic carbocycles. The van der Waals surface area contributed by atoms with Crippen molar-refractivity contribution in [1.29, 1.82) is 0 Å². The molecule has 4 heteroatoms. The van der Waals surface area contributed by atoms with Crippen LogP contribution in [0.15, 0.2) is 30.3 Å². The number of nitrogens with one attached hydrogen (secondary N) is 1. The molecular weight excluding hydrogens is 314 g/mol. The third kappa shape index (κ3) is 7.17. The van der Waals surface area contributed by atoms with Gasteiger partial charge in [0.05, 0.1) is 18.8 Å². The first-order valence-corrected chi connectivity index (χ1v) is 9.79. The van der Waals surface area contributed by atoms with Crippen LogP contribution in [-0.4, -0.2) is 31.3 Å². The van der Waals surface area contributed by atoms with Gasteiger partial charge in [0.2, 0.25) is 5.91 Å². The molecule has 0 saturated carbocycles. The number of rotatable bonds is 10. The van der Waals surface area contributed by atoms with Crippen LogP contribution in [0.4, 0.5) is 0 Å². The van der Waals surface area contributed by atoms with Crippen molar-refractivity contribution >= 4 is 5.91 Å².